The molecule has 0 atom stereocenters. The lowest BCUT2D eigenvalue weighted by Gasteiger charge is -2.02. The third-order valence-electron chi connectivity index (χ3n) is 1.29. The van der Waals surface area contributed by atoms with Crippen molar-refractivity contribution in [2.24, 2.45) is 0 Å². The second kappa shape index (κ2) is 3.96. The molecular weight excluding hydrogens is 142 g/mol. The van der Waals surface area contributed by atoms with E-state index in [-0.39, 0.29) is 5.82 Å². The Bertz CT molecular complexity index is 205. The first-order valence-corrected chi connectivity index (χ1v) is 3.71. The number of benzene rings is 1. The van der Waals surface area contributed by atoms with Crippen molar-refractivity contribution in [1.29, 1.82) is 0 Å². The van der Waals surface area contributed by atoms with E-state index in [1.54, 1.807) is 12.1 Å². The number of halogens is 1. The van der Waals surface area contributed by atoms with Crippen molar-refractivity contribution >= 4 is 0 Å². The first-order valence-electron chi connectivity index (χ1n) is 3.71. The maximum absolute atomic E-state index is 12.4. The van der Waals surface area contributed by atoms with Crippen LogP contribution in [0.5, 0.6) is 5.75 Å². The zero-order valence-corrected chi connectivity index (χ0v) is 6.51. The minimum atomic E-state index is -0.228. The van der Waals surface area contributed by atoms with Crippen LogP contribution in [0.4, 0.5) is 4.39 Å². The Morgan fingerprint density at radius 1 is 1.27 bits per heavy atom. The van der Waals surface area contributed by atoms with Crippen LogP contribution in [0.1, 0.15) is 13.3 Å². The van der Waals surface area contributed by atoms with Gasteiger partial charge in [-0.15, -0.1) is 0 Å². The van der Waals surface area contributed by atoms with Gasteiger partial charge in [0.25, 0.3) is 0 Å². The van der Waals surface area contributed by atoms with Crippen molar-refractivity contribution in [2.45, 2.75) is 13.3 Å². The maximum atomic E-state index is 12.4. The number of hydrogen-bond acceptors (Lipinski definition) is 1. The summed E-state index contributed by atoms with van der Waals surface area (Å²) in [6, 6.07) is 6.05. The average molecular weight is 153 g/mol. The van der Waals surface area contributed by atoms with Crippen LogP contribution in [0.15, 0.2) is 24.3 Å². The predicted molar refractivity (Wildman–Crippen MR) is 42.2 cm³/mol. The molecule has 0 aliphatic rings. The molecular formula is C9H11FO. The molecule has 0 amide bonds. The Kier molecular flexibility index (Phi) is 2.90. The van der Waals surface area contributed by atoms with Gasteiger partial charge in [0.15, 0.2) is 0 Å². The zero-order chi connectivity index (χ0) is 8.10. The van der Waals surface area contributed by atoms with Gasteiger partial charge in [0.1, 0.15) is 11.6 Å². The standard InChI is InChI=1S/C9H11FO/c1-2-7-11-9-5-3-8(10)4-6-9/h3-6H,2,7H2,1H3/i10-1. The zero-order valence-electron chi connectivity index (χ0n) is 6.51. The molecule has 0 unspecified atom stereocenters. The first-order chi connectivity index (χ1) is 5.33. The van der Waals surface area contributed by atoms with E-state index >= 15 is 0 Å². The third kappa shape index (κ3) is 2.58. The van der Waals surface area contributed by atoms with Crippen molar-refractivity contribution in [3.63, 3.8) is 0 Å². The molecule has 2 heteroatoms. The summed E-state index contributed by atoms with van der Waals surface area (Å²) < 4.78 is 17.6. The highest BCUT2D eigenvalue weighted by molar-refractivity contribution is 5.21. The molecule has 0 aliphatic carbocycles. The molecule has 0 fully saturated rings. The van der Waals surface area contributed by atoms with E-state index in [4.69, 9.17) is 4.74 Å². The predicted octanol–water partition coefficient (Wildman–Crippen LogP) is 2.61. The molecule has 0 aliphatic heterocycles. The van der Waals surface area contributed by atoms with Crippen molar-refractivity contribution in [3.05, 3.63) is 30.1 Å². The van der Waals surface area contributed by atoms with Crippen molar-refractivity contribution in [3.8, 4) is 5.75 Å². The van der Waals surface area contributed by atoms with Crippen LogP contribution in [-0.2, 0) is 0 Å². The average Bonchev–Trinajstić information content (AvgIpc) is 2.04. The van der Waals surface area contributed by atoms with Gasteiger partial charge in [-0.3, -0.25) is 0 Å². The van der Waals surface area contributed by atoms with Gasteiger partial charge in [-0.25, -0.2) is 4.39 Å². The summed E-state index contributed by atoms with van der Waals surface area (Å²) in [7, 11) is 0. The highest BCUT2D eigenvalue weighted by Crippen LogP contribution is 2.10. The fourth-order valence-electron chi connectivity index (χ4n) is 0.751. The number of hydrogen-bond donors (Lipinski definition) is 0. The first kappa shape index (κ1) is 8.05. The van der Waals surface area contributed by atoms with Crippen LogP contribution in [-0.4, -0.2) is 6.61 Å². The summed E-state index contributed by atoms with van der Waals surface area (Å²) in [6.45, 7) is 2.72. The summed E-state index contributed by atoms with van der Waals surface area (Å²) in [6.07, 6.45) is 0.970. The monoisotopic (exact) mass is 153 g/mol. The molecule has 1 aromatic carbocycles. The van der Waals surface area contributed by atoms with Crippen molar-refractivity contribution < 1.29 is 9.13 Å². The Morgan fingerprint density at radius 2 is 1.91 bits per heavy atom. The van der Waals surface area contributed by atoms with Crippen LogP contribution >= 0.6 is 0 Å². The van der Waals surface area contributed by atoms with Crippen LogP contribution < -0.4 is 4.74 Å². The summed E-state index contributed by atoms with van der Waals surface area (Å²) >= 11 is 0. The summed E-state index contributed by atoms with van der Waals surface area (Å²) in [5.74, 6) is 0.502. The SMILES string of the molecule is CCCOc1ccc([18F])cc1. The molecule has 0 radical (unpaired) electrons. The van der Waals surface area contributed by atoms with E-state index in [1.807, 2.05) is 6.92 Å². The van der Waals surface area contributed by atoms with Gasteiger partial charge < -0.3 is 4.74 Å². The van der Waals surface area contributed by atoms with Gasteiger partial charge in [0, 0.05) is 0 Å². The highest BCUT2D eigenvalue weighted by atomic mass is 18.2. The largest absolute Gasteiger partial charge is 0.494 e. The summed E-state index contributed by atoms with van der Waals surface area (Å²) in [4.78, 5) is 0. The Labute approximate surface area is 65.8 Å². The van der Waals surface area contributed by atoms with Gasteiger partial charge in [-0.05, 0) is 30.7 Å². The van der Waals surface area contributed by atoms with E-state index in [2.05, 4.69) is 0 Å². The molecule has 1 aromatic rings. The minimum absolute atomic E-state index is 0.228. The molecule has 0 bridgehead atoms. The molecule has 0 aromatic heterocycles. The van der Waals surface area contributed by atoms with Gasteiger partial charge in [0.05, 0.1) is 6.61 Å². The second-order valence-corrected chi connectivity index (χ2v) is 2.30. The molecule has 0 saturated heterocycles. The number of rotatable bonds is 3. The summed E-state index contributed by atoms with van der Waals surface area (Å²) in [5, 5.41) is 0. The van der Waals surface area contributed by atoms with Crippen LogP contribution in [0.25, 0.3) is 0 Å². The Morgan fingerprint density at radius 3 is 2.45 bits per heavy atom. The van der Waals surface area contributed by atoms with Gasteiger partial charge in [0.2, 0.25) is 0 Å². The Hall–Kier alpha value is -1.05. The van der Waals surface area contributed by atoms with Crippen LogP contribution in [0.2, 0.25) is 0 Å². The van der Waals surface area contributed by atoms with Gasteiger partial charge in [-0.2, -0.15) is 0 Å². The van der Waals surface area contributed by atoms with E-state index in [0.29, 0.717) is 6.61 Å². The molecule has 0 spiro atoms. The molecule has 0 N–H and O–H groups in total. The summed E-state index contributed by atoms with van der Waals surface area (Å²) in [5.41, 5.74) is 0. The molecule has 1 nitrogen and oxygen atoms in total. The number of ether oxygens (including phenoxy) is 1. The van der Waals surface area contributed by atoms with E-state index in [9.17, 15) is 4.39 Å². The van der Waals surface area contributed by atoms with E-state index in [0.717, 1.165) is 12.2 Å². The maximum Gasteiger partial charge on any atom is 0.123 e. The molecule has 60 valence electrons. The Balaban J connectivity index is 2.52. The van der Waals surface area contributed by atoms with Crippen molar-refractivity contribution in [2.75, 3.05) is 6.61 Å². The topological polar surface area (TPSA) is 9.23 Å². The molecule has 0 heterocycles. The normalized spacial score (nSPS) is 9.64. The smallest absolute Gasteiger partial charge is 0.123 e. The third-order valence-corrected chi connectivity index (χ3v) is 1.29. The van der Waals surface area contributed by atoms with Gasteiger partial charge in [-0.1, -0.05) is 6.92 Å². The lowest BCUT2D eigenvalue weighted by Crippen LogP contribution is -1.94. The quantitative estimate of drug-likeness (QED) is 0.648. The highest BCUT2D eigenvalue weighted by Gasteiger charge is 1.91. The van der Waals surface area contributed by atoms with Crippen LogP contribution in [0.3, 0.4) is 0 Å². The van der Waals surface area contributed by atoms with Gasteiger partial charge >= 0.3 is 0 Å². The van der Waals surface area contributed by atoms with Crippen LogP contribution in [0, 0.1) is 5.82 Å². The molecule has 11 heavy (non-hydrogen) atoms. The second-order valence-electron chi connectivity index (χ2n) is 2.30. The van der Waals surface area contributed by atoms with Crippen molar-refractivity contribution in [1.82, 2.24) is 0 Å². The lowest BCUT2D eigenvalue weighted by molar-refractivity contribution is 0.317. The fraction of sp³-hybridized carbons (Fsp3) is 0.333. The molecule has 0 saturated carbocycles. The molecule has 1 rings (SSSR count). The van der Waals surface area contributed by atoms with E-state index in [1.165, 1.54) is 12.1 Å². The van der Waals surface area contributed by atoms with E-state index < -0.39 is 0 Å². The minimum Gasteiger partial charge on any atom is -0.494 e. The fourth-order valence-corrected chi connectivity index (χ4v) is 0.751. The lowest BCUT2D eigenvalue weighted by atomic mass is 10.3.